The Balaban J connectivity index is 1.36. The molecule has 0 spiro atoms. The van der Waals surface area contributed by atoms with Gasteiger partial charge in [-0.25, -0.2) is 9.78 Å². The molecule has 1 aromatic carbocycles. The molecule has 0 saturated carbocycles. The molecule has 0 aliphatic carbocycles. The number of rotatable bonds is 6. The molecule has 1 atom stereocenters. The van der Waals surface area contributed by atoms with E-state index in [1.165, 1.54) is 4.80 Å². The molecule has 1 aliphatic heterocycles. The van der Waals surface area contributed by atoms with Crippen molar-refractivity contribution in [3.8, 4) is 5.82 Å². The van der Waals surface area contributed by atoms with E-state index < -0.39 is 6.10 Å². The minimum absolute atomic E-state index is 0.270. The van der Waals surface area contributed by atoms with Crippen molar-refractivity contribution in [1.82, 2.24) is 30.5 Å². The van der Waals surface area contributed by atoms with Crippen molar-refractivity contribution in [3.63, 3.8) is 0 Å². The lowest BCUT2D eigenvalue weighted by Gasteiger charge is -2.16. The van der Waals surface area contributed by atoms with Gasteiger partial charge in [0.25, 0.3) is 0 Å². The Hall–Kier alpha value is -3.17. The first-order chi connectivity index (χ1) is 13.5. The standard InChI is InChI=1S/C19H20N6O3/c1-11-14(4-5-15-16(11)10-28-19(15)27)17(26)9-20-7-13-3-6-18(21-8-13)25-23-12(2)22-24-25/h3-6,8,17,20,26H,7,9-10H2,1-2H3/t17-/m0/s1. The van der Waals surface area contributed by atoms with Gasteiger partial charge in [-0.1, -0.05) is 12.1 Å². The summed E-state index contributed by atoms with van der Waals surface area (Å²) in [6.07, 6.45) is 1.05. The number of cyclic esters (lactones) is 1. The lowest BCUT2D eigenvalue weighted by molar-refractivity contribution is 0.0535. The van der Waals surface area contributed by atoms with Crippen LogP contribution in [0.2, 0.25) is 0 Å². The number of carbonyl (C=O) groups is 1. The van der Waals surface area contributed by atoms with Crippen molar-refractivity contribution in [2.24, 2.45) is 0 Å². The zero-order chi connectivity index (χ0) is 19.7. The first-order valence-corrected chi connectivity index (χ1v) is 8.93. The number of nitrogens with one attached hydrogen (secondary N) is 1. The molecule has 0 amide bonds. The summed E-state index contributed by atoms with van der Waals surface area (Å²) in [5.74, 6) is 0.874. The van der Waals surface area contributed by atoms with Crippen LogP contribution in [0.1, 0.15) is 44.5 Å². The topological polar surface area (TPSA) is 115 Å². The third-order valence-electron chi connectivity index (χ3n) is 4.76. The summed E-state index contributed by atoms with van der Waals surface area (Å²) in [5, 5.41) is 25.6. The van der Waals surface area contributed by atoms with E-state index in [2.05, 4.69) is 25.7 Å². The van der Waals surface area contributed by atoms with Gasteiger partial charge in [-0.2, -0.15) is 0 Å². The van der Waals surface area contributed by atoms with Gasteiger partial charge in [0.15, 0.2) is 11.6 Å². The van der Waals surface area contributed by atoms with Crippen LogP contribution in [0.25, 0.3) is 5.82 Å². The number of carbonyl (C=O) groups excluding carboxylic acids is 1. The Labute approximate surface area is 161 Å². The van der Waals surface area contributed by atoms with Crippen LogP contribution >= 0.6 is 0 Å². The van der Waals surface area contributed by atoms with E-state index in [0.29, 0.717) is 30.3 Å². The second kappa shape index (κ2) is 7.45. The van der Waals surface area contributed by atoms with E-state index in [0.717, 1.165) is 22.3 Å². The summed E-state index contributed by atoms with van der Waals surface area (Å²) >= 11 is 0. The van der Waals surface area contributed by atoms with Gasteiger partial charge in [0.1, 0.15) is 6.61 Å². The van der Waals surface area contributed by atoms with Crippen LogP contribution in [0.3, 0.4) is 0 Å². The quantitative estimate of drug-likeness (QED) is 0.613. The Morgan fingerprint density at radius 3 is 2.86 bits per heavy atom. The molecule has 0 unspecified atom stereocenters. The van der Waals surface area contributed by atoms with Gasteiger partial charge < -0.3 is 15.2 Å². The Bertz CT molecular complexity index is 1020. The average molecular weight is 380 g/mol. The maximum Gasteiger partial charge on any atom is 0.338 e. The molecular weight excluding hydrogens is 360 g/mol. The zero-order valence-electron chi connectivity index (χ0n) is 15.6. The minimum atomic E-state index is -0.685. The molecule has 9 heteroatoms. The molecule has 3 heterocycles. The molecular formula is C19H20N6O3. The lowest BCUT2D eigenvalue weighted by atomic mass is 9.95. The number of aromatic nitrogens is 5. The first kappa shape index (κ1) is 18.2. The highest BCUT2D eigenvalue weighted by atomic mass is 16.5. The number of benzene rings is 1. The van der Waals surface area contributed by atoms with E-state index in [1.807, 2.05) is 19.1 Å². The second-order valence-corrected chi connectivity index (χ2v) is 6.68. The highest BCUT2D eigenvalue weighted by molar-refractivity contribution is 5.93. The van der Waals surface area contributed by atoms with Crippen LogP contribution in [0.4, 0.5) is 0 Å². The maximum atomic E-state index is 11.6. The number of tetrazole rings is 1. The summed E-state index contributed by atoms with van der Waals surface area (Å²) in [5.41, 5.74) is 4.12. The fraction of sp³-hybridized carbons (Fsp3) is 0.316. The van der Waals surface area contributed by atoms with Gasteiger partial charge in [-0.05, 0) is 47.9 Å². The fourth-order valence-corrected chi connectivity index (χ4v) is 3.21. The highest BCUT2D eigenvalue weighted by Crippen LogP contribution is 2.28. The number of aliphatic hydroxyl groups excluding tert-OH is 1. The van der Waals surface area contributed by atoms with Gasteiger partial charge in [-0.15, -0.1) is 15.0 Å². The average Bonchev–Trinajstić information content (AvgIpc) is 3.29. The largest absolute Gasteiger partial charge is 0.457 e. The molecule has 0 radical (unpaired) electrons. The number of aliphatic hydroxyl groups is 1. The van der Waals surface area contributed by atoms with E-state index >= 15 is 0 Å². The molecule has 2 aromatic heterocycles. The number of hydrogen-bond acceptors (Lipinski definition) is 8. The normalized spacial score (nSPS) is 14.0. The van der Waals surface area contributed by atoms with Gasteiger partial charge in [0.2, 0.25) is 0 Å². The van der Waals surface area contributed by atoms with Crippen LogP contribution in [0.5, 0.6) is 0 Å². The van der Waals surface area contributed by atoms with Crippen molar-refractivity contribution < 1.29 is 14.6 Å². The second-order valence-electron chi connectivity index (χ2n) is 6.68. The van der Waals surface area contributed by atoms with Crippen molar-refractivity contribution in [2.45, 2.75) is 33.1 Å². The van der Waals surface area contributed by atoms with Crippen molar-refractivity contribution >= 4 is 5.97 Å². The van der Waals surface area contributed by atoms with Gasteiger partial charge >= 0.3 is 5.97 Å². The molecule has 0 saturated heterocycles. The summed E-state index contributed by atoms with van der Waals surface area (Å²) < 4.78 is 5.06. The summed E-state index contributed by atoms with van der Waals surface area (Å²) in [6, 6.07) is 7.25. The van der Waals surface area contributed by atoms with Crippen molar-refractivity contribution in [3.05, 3.63) is 64.1 Å². The maximum absolute atomic E-state index is 11.6. The monoisotopic (exact) mass is 380 g/mol. The number of fused-ring (bicyclic) bond motifs is 1. The van der Waals surface area contributed by atoms with Crippen LogP contribution in [0.15, 0.2) is 30.5 Å². The Morgan fingerprint density at radius 2 is 2.14 bits per heavy atom. The molecule has 28 heavy (non-hydrogen) atoms. The SMILES string of the molecule is Cc1nnn(-c2ccc(CNC[C@H](O)c3ccc4c(c3C)COC4=O)cn2)n1. The van der Waals surface area contributed by atoms with Gasteiger partial charge in [0, 0.05) is 24.8 Å². The summed E-state index contributed by atoms with van der Waals surface area (Å²) in [4.78, 5) is 17.3. The molecule has 4 rings (SSSR count). The highest BCUT2D eigenvalue weighted by Gasteiger charge is 2.25. The molecule has 9 nitrogen and oxygen atoms in total. The first-order valence-electron chi connectivity index (χ1n) is 8.93. The van der Waals surface area contributed by atoms with E-state index in [1.54, 1.807) is 25.3 Å². The zero-order valence-corrected chi connectivity index (χ0v) is 15.6. The van der Waals surface area contributed by atoms with E-state index in [9.17, 15) is 9.90 Å². The van der Waals surface area contributed by atoms with E-state index in [4.69, 9.17) is 4.74 Å². The lowest BCUT2D eigenvalue weighted by Crippen LogP contribution is -2.22. The van der Waals surface area contributed by atoms with Crippen LogP contribution in [-0.4, -0.2) is 42.8 Å². The number of pyridine rings is 1. The number of ether oxygens (including phenoxy) is 1. The molecule has 144 valence electrons. The van der Waals surface area contributed by atoms with Gasteiger partial charge in [0.05, 0.1) is 11.7 Å². The van der Waals surface area contributed by atoms with Crippen molar-refractivity contribution in [1.29, 1.82) is 0 Å². The number of esters is 1. The Morgan fingerprint density at radius 1 is 1.29 bits per heavy atom. The molecule has 0 bridgehead atoms. The predicted octanol–water partition coefficient (Wildman–Crippen LogP) is 1.17. The number of nitrogens with zero attached hydrogens (tertiary/aromatic N) is 5. The van der Waals surface area contributed by atoms with E-state index in [-0.39, 0.29) is 12.6 Å². The number of aryl methyl sites for hydroxylation is 1. The number of hydrogen-bond donors (Lipinski definition) is 2. The predicted molar refractivity (Wildman–Crippen MR) is 98.7 cm³/mol. The Kier molecular flexibility index (Phi) is 4.84. The molecule has 1 aliphatic rings. The molecule has 2 N–H and O–H groups in total. The molecule has 0 fully saturated rings. The van der Waals surface area contributed by atoms with Crippen LogP contribution in [0, 0.1) is 13.8 Å². The third kappa shape index (κ3) is 3.49. The third-order valence-corrected chi connectivity index (χ3v) is 4.76. The molecule has 3 aromatic rings. The van der Waals surface area contributed by atoms with Crippen molar-refractivity contribution in [2.75, 3.05) is 6.54 Å². The fourth-order valence-electron chi connectivity index (χ4n) is 3.21. The smallest absolute Gasteiger partial charge is 0.338 e. The van der Waals surface area contributed by atoms with Gasteiger partial charge in [-0.3, -0.25) is 0 Å². The summed E-state index contributed by atoms with van der Waals surface area (Å²) in [7, 11) is 0. The summed E-state index contributed by atoms with van der Waals surface area (Å²) in [6.45, 7) is 4.87. The minimum Gasteiger partial charge on any atom is -0.457 e. The van der Waals surface area contributed by atoms with Crippen LogP contribution in [-0.2, 0) is 17.9 Å². The van der Waals surface area contributed by atoms with Crippen LogP contribution < -0.4 is 5.32 Å².